The minimum atomic E-state index is 0.101. The van der Waals surface area contributed by atoms with Crippen molar-refractivity contribution in [2.45, 2.75) is 38.3 Å². The van der Waals surface area contributed by atoms with Crippen molar-refractivity contribution in [3.05, 3.63) is 35.4 Å². The number of hydrogen-bond donors (Lipinski definition) is 0. The van der Waals surface area contributed by atoms with Gasteiger partial charge in [0.15, 0.2) is 0 Å². The Balaban J connectivity index is 1.56. The number of fused-ring (bicyclic) bond motifs is 1. The van der Waals surface area contributed by atoms with E-state index in [1.165, 1.54) is 11.1 Å². The quantitative estimate of drug-likeness (QED) is 0.801. The maximum atomic E-state index is 5.89. The third-order valence-corrected chi connectivity index (χ3v) is 3.50. The Morgan fingerprint density at radius 1 is 1.24 bits per heavy atom. The highest BCUT2D eigenvalue weighted by Crippen LogP contribution is 2.28. The summed E-state index contributed by atoms with van der Waals surface area (Å²) in [5.74, 6) is 0. The Morgan fingerprint density at radius 2 is 2.06 bits per heavy atom. The normalized spacial score (nSPS) is 31.7. The van der Waals surface area contributed by atoms with Crippen molar-refractivity contribution >= 4 is 0 Å². The second-order valence-corrected chi connectivity index (χ2v) is 4.83. The zero-order valence-corrected chi connectivity index (χ0v) is 10.1. The molecule has 2 saturated heterocycles. The number of hydrogen-bond acceptors (Lipinski definition) is 3. The Labute approximate surface area is 102 Å². The molecule has 1 aromatic carbocycles. The molecule has 92 valence electrons. The SMILES string of the molecule is Cc1ccc(COC2CO[C@@H]3CCO[C@H]23)cc1. The third-order valence-electron chi connectivity index (χ3n) is 3.50. The van der Waals surface area contributed by atoms with Gasteiger partial charge in [0.05, 0.1) is 19.3 Å². The third kappa shape index (κ3) is 2.37. The molecular weight excluding hydrogens is 216 g/mol. The van der Waals surface area contributed by atoms with Gasteiger partial charge in [-0.1, -0.05) is 29.8 Å². The molecular formula is C14H18O3. The summed E-state index contributed by atoms with van der Waals surface area (Å²) in [6.45, 7) is 4.20. The van der Waals surface area contributed by atoms with Gasteiger partial charge < -0.3 is 14.2 Å². The maximum Gasteiger partial charge on any atom is 0.112 e. The van der Waals surface area contributed by atoms with Gasteiger partial charge in [-0.15, -0.1) is 0 Å². The smallest absolute Gasteiger partial charge is 0.112 e. The van der Waals surface area contributed by atoms with Crippen molar-refractivity contribution in [2.75, 3.05) is 13.2 Å². The van der Waals surface area contributed by atoms with Crippen LogP contribution in [0.2, 0.25) is 0 Å². The summed E-state index contributed by atoms with van der Waals surface area (Å²) >= 11 is 0. The fourth-order valence-electron chi connectivity index (χ4n) is 2.46. The molecule has 2 aliphatic rings. The highest BCUT2D eigenvalue weighted by Gasteiger charge is 2.42. The first-order chi connectivity index (χ1) is 8.33. The molecule has 2 fully saturated rings. The largest absolute Gasteiger partial charge is 0.373 e. The van der Waals surface area contributed by atoms with Crippen molar-refractivity contribution in [3.8, 4) is 0 Å². The second-order valence-electron chi connectivity index (χ2n) is 4.83. The summed E-state index contributed by atoms with van der Waals surface area (Å²) in [4.78, 5) is 0. The molecule has 2 aliphatic heterocycles. The van der Waals surface area contributed by atoms with E-state index in [0.29, 0.717) is 13.2 Å². The summed E-state index contributed by atoms with van der Waals surface area (Å²) in [7, 11) is 0. The molecule has 0 spiro atoms. The lowest BCUT2D eigenvalue weighted by Crippen LogP contribution is -2.29. The molecule has 0 bridgehead atoms. The van der Waals surface area contributed by atoms with Crippen molar-refractivity contribution in [1.29, 1.82) is 0 Å². The van der Waals surface area contributed by atoms with E-state index in [-0.39, 0.29) is 18.3 Å². The molecule has 0 aliphatic carbocycles. The maximum absolute atomic E-state index is 5.89. The van der Waals surface area contributed by atoms with Crippen LogP contribution in [0.4, 0.5) is 0 Å². The van der Waals surface area contributed by atoms with Crippen molar-refractivity contribution in [2.24, 2.45) is 0 Å². The highest BCUT2D eigenvalue weighted by atomic mass is 16.6. The standard InChI is InChI=1S/C14H18O3/c1-10-2-4-11(5-3-10)8-16-13-9-17-12-6-7-15-14(12)13/h2-5,12-14H,6-9H2,1H3/t12-,13?,14+/m1/s1. The Bertz CT molecular complexity index is 374. The summed E-state index contributed by atoms with van der Waals surface area (Å²) < 4.78 is 17.2. The average molecular weight is 234 g/mol. The van der Waals surface area contributed by atoms with Gasteiger partial charge in [0.1, 0.15) is 12.2 Å². The Kier molecular flexibility index (Phi) is 3.14. The van der Waals surface area contributed by atoms with Crippen LogP contribution in [0.1, 0.15) is 17.5 Å². The van der Waals surface area contributed by atoms with Crippen LogP contribution in [0, 0.1) is 6.92 Å². The molecule has 0 amide bonds. The van der Waals surface area contributed by atoms with E-state index in [2.05, 4.69) is 31.2 Å². The predicted molar refractivity (Wildman–Crippen MR) is 63.9 cm³/mol. The van der Waals surface area contributed by atoms with E-state index in [9.17, 15) is 0 Å². The van der Waals surface area contributed by atoms with E-state index < -0.39 is 0 Å². The van der Waals surface area contributed by atoms with Crippen LogP contribution in [0.15, 0.2) is 24.3 Å². The van der Waals surface area contributed by atoms with Crippen LogP contribution in [0.3, 0.4) is 0 Å². The van der Waals surface area contributed by atoms with Gasteiger partial charge in [0.25, 0.3) is 0 Å². The van der Waals surface area contributed by atoms with E-state index in [0.717, 1.165) is 13.0 Å². The molecule has 0 radical (unpaired) electrons. The molecule has 0 aromatic heterocycles. The van der Waals surface area contributed by atoms with Gasteiger partial charge in [0.2, 0.25) is 0 Å². The van der Waals surface area contributed by atoms with E-state index in [1.54, 1.807) is 0 Å². The minimum absolute atomic E-state index is 0.101. The Morgan fingerprint density at radius 3 is 2.88 bits per heavy atom. The molecule has 3 nitrogen and oxygen atoms in total. The summed E-state index contributed by atoms with van der Waals surface area (Å²) in [6.07, 6.45) is 1.52. The summed E-state index contributed by atoms with van der Waals surface area (Å²) in [5.41, 5.74) is 2.48. The molecule has 1 aromatic rings. The van der Waals surface area contributed by atoms with Crippen LogP contribution in [0.5, 0.6) is 0 Å². The molecule has 17 heavy (non-hydrogen) atoms. The first kappa shape index (κ1) is 11.2. The predicted octanol–water partition coefficient (Wildman–Crippen LogP) is 2.07. The van der Waals surface area contributed by atoms with Crippen LogP contribution >= 0.6 is 0 Å². The van der Waals surface area contributed by atoms with E-state index in [4.69, 9.17) is 14.2 Å². The molecule has 3 heteroatoms. The molecule has 1 unspecified atom stereocenters. The fourth-order valence-corrected chi connectivity index (χ4v) is 2.46. The summed E-state index contributed by atoms with van der Waals surface area (Å²) in [6, 6.07) is 8.44. The van der Waals surface area contributed by atoms with Gasteiger partial charge >= 0.3 is 0 Å². The van der Waals surface area contributed by atoms with Crippen molar-refractivity contribution in [3.63, 3.8) is 0 Å². The van der Waals surface area contributed by atoms with Gasteiger partial charge in [-0.05, 0) is 18.9 Å². The Hall–Kier alpha value is -0.900. The number of ether oxygens (including phenoxy) is 3. The van der Waals surface area contributed by atoms with Crippen LogP contribution in [0.25, 0.3) is 0 Å². The van der Waals surface area contributed by atoms with E-state index in [1.807, 2.05) is 0 Å². The first-order valence-electron chi connectivity index (χ1n) is 6.23. The average Bonchev–Trinajstić information content (AvgIpc) is 2.91. The number of aryl methyl sites for hydroxylation is 1. The summed E-state index contributed by atoms with van der Waals surface area (Å²) in [5, 5.41) is 0. The zero-order chi connectivity index (χ0) is 11.7. The first-order valence-corrected chi connectivity index (χ1v) is 6.23. The molecule has 3 atom stereocenters. The van der Waals surface area contributed by atoms with Crippen molar-refractivity contribution < 1.29 is 14.2 Å². The lowest BCUT2D eigenvalue weighted by molar-refractivity contribution is -0.0385. The fraction of sp³-hybridized carbons (Fsp3) is 0.571. The van der Waals surface area contributed by atoms with Gasteiger partial charge in [-0.3, -0.25) is 0 Å². The topological polar surface area (TPSA) is 27.7 Å². The van der Waals surface area contributed by atoms with Gasteiger partial charge in [-0.25, -0.2) is 0 Å². The lowest BCUT2D eigenvalue weighted by Gasteiger charge is -2.16. The van der Waals surface area contributed by atoms with Crippen molar-refractivity contribution in [1.82, 2.24) is 0 Å². The van der Waals surface area contributed by atoms with Crippen LogP contribution < -0.4 is 0 Å². The van der Waals surface area contributed by atoms with Gasteiger partial charge in [0, 0.05) is 6.61 Å². The molecule has 3 rings (SSSR count). The zero-order valence-electron chi connectivity index (χ0n) is 10.1. The van der Waals surface area contributed by atoms with Gasteiger partial charge in [-0.2, -0.15) is 0 Å². The number of rotatable bonds is 3. The monoisotopic (exact) mass is 234 g/mol. The molecule has 0 saturated carbocycles. The minimum Gasteiger partial charge on any atom is -0.373 e. The lowest BCUT2D eigenvalue weighted by atomic mass is 10.1. The van der Waals surface area contributed by atoms with Crippen LogP contribution in [-0.2, 0) is 20.8 Å². The van der Waals surface area contributed by atoms with E-state index >= 15 is 0 Å². The molecule has 0 N–H and O–H groups in total. The molecule has 2 heterocycles. The van der Waals surface area contributed by atoms with Crippen LogP contribution in [-0.4, -0.2) is 31.5 Å². The number of benzene rings is 1. The second kappa shape index (κ2) is 4.77. The highest BCUT2D eigenvalue weighted by molar-refractivity contribution is 5.20.